The third kappa shape index (κ3) is 4.86. The van der Waals surface area contributed by atoms with Crippen LogP contribution in [0.5, 0.6) is 0 Å². The minimum Gasteiger partial charge on any atom is -0.338 e. The van der Waals surface area contributed by atoms with Gasteiger partial charge in [0, 0.05) is 30.1 Å². The van der Waals surface area contributed by atoms with E-state index in [9.17, 15) is 18.0 Å². The van der Waals surface area contributed by atoms with Gasteiger partial charge in [0.05, 0.1) is 15.9 Å². The highest BCUT2D eigenvalue weighted by Crippen LogP contribution is 2.39. The van der Waals surface area contributed by atoms with Gasteiger partial charge in [-0.1, -0.05) is 30.9 Å². The van der Waals surface area contributed by atoms with E-state index in [2.05, 4.69) is 25.6 Å². The number of nitrogens with zero attached hydrogens (tertiary/aromatic N) is 3. The van der Waals surface area contributed by atoms with Gasteiger partial charge in [-0.15, -0.1) is 0 Å². The number of rotatable bonds is 4. The molecule has 0 radical (unpaired) electrons. The molecule has 0 aliphatic rings. The molecule has 3 heterocycles. The highest BCUT2D eigenvalue weighted by Gasteiger charge is 2.32. The number of carbonyl (C=O) groups excluding carboxylic acids is 1. The van der Waals surface area contributed by atoms with Crippen LogP contribution >= 0.6 is 11.3 Å². The monoisotopic (exact) mass is 459 g/mol. The van der Waals surface area contributed by atoms with Crippen LogP contribution in [-0.4, -0.2) is 27.5 Å². The third-order valence-corrected chi connectivity index (χ3v) is 5.38. The Morgan fingerprint density at radius 1 is 1.09 bits per heavy atom. The van der Waals surface area contributed by atoms with Crippen molar-refractivity contribution >= 4 is 32.7 Å². The number of pyridine rings is 2. The molecule has 0 aliphatic carbocycles. The largest absolute Gasteiger partial charge is 0.433 e. The van der Waals surface area contributed by atoms with Crippen LogP contribution in [0, 0.1) is 0 Å². The van der Waals surface area contributed by atoms with E-state index in [0.717, 1.165) is 17.2 Å². The molecule has 3 aromatic heterocycles. The van der Waals surface area contributed by atoms with Gasteiger partial charge in [0.25, 0.3) is 0 Å². The summed E-state index contributed by atoms with van der Waals surface area (Å²) in [4.78, 5) is 24.3. The first kappa shape index (κ1) is 23.1. The van der Waals surface area contributed by atoms with E-state index in [-0.39, 0.29) is 13.1 Å². The minimum absolute atomic E-state index is 0. The van der Waals surface area contributed by atoms with E-state index in [4.69, 9.17) is 0 Å². The number of amides is 2. The maximum atomic E-state index is 13.2. The van der Waals surface area contributed by atoms with Gasteiger partial charge in [-0.25, -0.2) is 14.8 Å². The smallest absolute Gasteiger partial charge is 0.338 e. The second kappa shape index (κ2) is 9.31. The van der Waals surface area contributed by atoms with Crippen LogP contribution in [0.3, 0.4) is 0 Å². The summed E-state index contributed by atoms with van der Waals surface area (Å²) in [5.74, 6) is 0. The van der Waals surface area contributed by atoms with Crippen molar-refractivity contribution in [2.75, 3.05) is 11.9 Å². The number of hydrogen-bond acceptors (Lipinski definition) is 5. The van der Waals surface area contributed by atoms with Gasteiger partial charge in [-0.3, -0.25) is 10.3 Å². The molecule has 2 amide bonds. The molecule has 166 valence electrons. The van der Waals surface area contributed by atoms with Crippen molar-refractivity contribution in [2.45, 2.75) is 20.5 Å². The fourth-order valence-electron chi connectivity index (χ4n) is 3.02. The maximum Gasteiger partial charge on any atom is 0.433 e. The SMILES string of the molecule is C.CCNC(=O)Nc1nc2cc(-c3cccnc3)cc(-c3cccc(C(F)(F)F)n3)c2s1. The Morgan fingerprint density at radius 3 is 2.59 bits per heavy atom. The molecular formula is C22H20F3N5OS. The molecule has 0 aliphatic heterocycles. The predicted octanol–water partition coefficient (Wildman–Crippen LogP) is 6.22. The molecule has 0 saturated heterocycles. The van der Waals surface area contributed by atoms with Crippen molar-refractivity contribution in [2.24, 2.45) is 0 Å². The molecule has 0 bridgehead atoms. The summed E-state index contributed by atoms with van der Waals surface area (Å²) in [5, 5.41) is 5.60. The number of carbonyl (C=O) groups is 1. The number of halogens is 3. The number of nitrogens with one attached hydrogen (secondary N) is 2. The lowest BCUT2D eigenvalue weighted by atomic mass is 10.0. The number of aromatic nitrogens is 3. The first-order chi connectivity index (χ1) is 14.8. The molecule has 0 saturated carbocycles. The van der Waals surface area contributed by atoms with E-state index in [1.165, 1.54) is 23.5 Å². The molecule has 6 nitrogen and oxygen atoms in total. The normalized spacial score (nSPS) is 11.1. The van der Waals surface area contributed by atoms with Crippen molar-refractivity contribution in [3.8, 4) is 22.4 Å². The summed E-state index contributed by atoms with van der Waals surface area (Å²) in [6.07, 6.45) is -1.27. The average molecular weight is 459 g/mol. The summed E-state index contributed by atoms with van der Waals surface area (Å²) in [6.45, 7) is 2.23. The van der Waals surface area contributed by atoms with Crippen molar-refractivity contribution in [3.63, 3.8) is 0 Å². The first-order valence-corrected chi connectivity index (χ1v) is 10.1. The third-order valence-electron chi connectivity index (χ3n) is 4.36. The zero-order valence-corrected chi connectivity index (χ0v) is 17.0. The van der Waals surface area contributed by atoms with Crippen LogP contribution in [0.2, 0.25) is 0 Å². The zero-order chi connectivity index (χ0) is 22.0. The summed E-state index contributed by atoms with van der Waals surface area (Å²) >= 11 is 1.17. The van der Waals surface area contributed by atoms with Crippen molar-refractivity contribution in [1.29, 1.82) is 0 Å². The molecule has 4 rings (SSSR count). The van der Waals surface area contributed by atoms with E-state index in [1.807, 2.05) is 12.1 Å². The summed E-state index contributed by atoms with van der Waals surface area (Å²) in [7, 11) is 0. The van der Waals surface area contributed by atoms with Gasteiger partial charge in [0.15, 0.2) is 5.13 Å². The summed E-state index contributed by atoms with van der Waals surface area (Å²) in [5.41, 5.74) is 1.72. The average Bonchev–Trinajstić information content (AvgIpc) is 3.15. The fraction of sp³-hybridized carbons (Fsp3) is 0.182. The summed E-state index contributed by atoms with van der Waals surface area (Å²) in [6, 6.07) is 10.5. The Balaban J connectivity index is 0.00000289. The van der Waals surface area contributed by atoms with Crippen LogP contribution in [0.15, 0.2) is 54.9 Å². The lowest BCUT2D eigenvalue weighted by molar-refractivity contribution is -0.141. The minimum atomic E-state index is -4.56. The molecule has 0 spiro atoms. The van der Waals surface area contributed by atoms with Gasteiger partial charge in [-0.05, 0) is 42.8 Å². The van der Waals surface area contributed by atoms with Gasteiger partial charge >= 0.3 is 12.2 Å². The lowest BCUT2D eigenvalue weighted by Gasteiger charge is -2.10. The molecule has 10 heteroatoms. The molecule has 0 unspecified atom stereocenters. The van der Waals surface area contributed by atoms with Crippen molar-refractivity contribution in [3.05, 3.63) is 60.6 Å². The molecule has 0 fully saturated rings. The van der Waals surface area contributed by atoms with E-state index in [1.54, 1.807) is 31.5 Å². The number of thiazole rings is 1. The Morgan fingerprint density at radius 2 is 1.91 bits per heavy atom. The Bertz CT molecular complexity index is 1240. The van der Waals surface area contributed by atoms with Crippen LogP contribution in [0.25, 0.3) is 32.6 Å². The van der Waals surface area contributed by atoms with Crippen LogP contribution in [0.1, 0.15) is 20.0 Å². The molecule has 1 aromatic carbocycles. The standard InChI is InChI=1S/C21H16F3N5OS.CH4/c1-2-26-19(30)29-20-28-16-10-13(12-5-4-8-25-11-12)9-14(18(16)31-20)15-6-3-7-17(27-15)21(22,23)24;/h3-11H,2H2,1H3,(H2,26,28,29,30);1H4. The molecule has 0 atom stereocenters. The second-order valence-electron chi connectivity index (χ2n) is 6.52. The van der Waals surface area contributed by atoms with Crippen LogP contribution in [-0.2, 0) is 6.18 Å². The van der Waals surface area contributed by atoms with Crippen LogP contribution < -0.4 is 10.6 Å². The van der Waals surface area contributed by atoms with E-state index >= 15 is 0 Å². The van der Waals surface area contributed by atoms with Gasteiger partial charge in [0.2, 0.25) is 0 Å². The molecule has 2 N–H and O–H groups in total. The molecular weight excluding hydrogens is 439 g/mol. The highest BCUT2D eigenvalue weighted by molar-refractivity contribution is 7.22. The Kier molecular flexibility index (Phi) is 6.73. The number of alkyl halides is 3. The number of hydrogen-bond donors (Lipinski definition) is 2. The quantitative estimate of drug-likeness (QED) is 0.380. The summed E-state index contributed by atoms with van der Waals surface area (Å²) < 4.78 is 40.3. The number of urea groups is 1. The number of benzene rings is 1. The predicted molar refractivity (Wildman–Crippen MR) is 121 cm³/mol. The van der Waals surface area contributed by atoms with Crippen molar-refractivity contribution < 1.29 is 18.0 Å². The highest BCUT2D eigenvalue weighted by atomic mass is 32.1. The van der Waals surface area contributed by atoms with Gasteiger partial charge in [-0.2, -0.15) is 13.2 Å². The molecule has 4 aromatic rings. The van der Waals surface area contributed by atoms with E-state index < -0.39 is 17.9 Å². The first-order valence-electron chi connectivity index (χ1n) is 9.29. The second-order valence-corrected chi connectivity index (χ2v) is 7.52. The number of fused-ring (bicyclic) bond motifs is 1. The Labute approximate surface area is 186 Å². The van der Waals surface area contributed by atoms with Gasteiger partial charge < -0.3 is 5.32 Å². The van der Waals surface area contributed by atoms with Crippen molar-refractivity contribution in [1.82, 2.24) is 20.3 Å². The van der Waals surface area contributed by atoms with Crippen LogP contribution in [0.4, 0.5) is 23.1 Å². The fourth-order valence-corrected chi connectivity index (χ4v) is 3.98. The van der Waals surface area contributed by atoms with Gasteiger partial charge in [0.1, 0.15) is 5.69 Å². The maximum absolute atomic E-state index is 13.2. The Hall–Kier alpha value is -3.53. The number of anilines is 1. The molecule has 32 heavy (non-hydrogen) atoms. The zero-order valence-electron chi connectivity index (χ0n) is 16.2. The van der Waals surface area contributed by atoms with E-state index in [0.29, 0.717) is 27.5 Å². The lowest BCUT2D eigenvalue weighted by Crippen LogP contribution is -2.28. The topological polar surface area (TPSA) is 79.8 Å².